The minimum atomic E-state index is -0.405. The minimum absolute atomic E-state index is 0.0378. The Balaban J connectivity index is 1.96. The Morgan fingerprint density at radius 3 is 2.30 bits per heavy atom. The number of nitro groups is 1. The molecule has 1 heterocycles. The summed E-state index contributed by atoms with van der Waals surface area (Å²) in [5.41, 5.74) is 1.05. The predicted octanol–water partition coefficient (Wildman–Crippen LogP) is 1.82. The Morgan fingerprint density at radius 1 is 1.20 bits per heavy atom. The number of nitrogens with zero attached hydrogens (tertiary/aromatic N) is 3. The third kappa shape index (κ3) is 3.14. The van der Waals surface area contributed by atoms with Crippen LogP contribution in [0.4, 0.5) is 11.4 Å². The van der Waals surface area contributed by atoms with Crippen LogP contribution >= 0.6 is 0 Å². The molecule has 6 heteroatoms. The second-order valence-electron chi connectivity index (χ2n) is 4.59. The van der Waals surface area contributed by atoms with Crippen molar-refractivity contribution in [3.8, 4) is 0 Å². The normalized spacial score (nSPS) is 15.7. The van der Waals surface area contributed by atoms with Crippen LogP contribution in [0, 0.1) is 10.1 Å². The van der Waals surface area contributed by atoms with Crippen molar-refractivity contribution in [2.75, 3.05) is 31.1 Å². The van der Waals surface area contributed by atoms with E-state index in [1.54, 1.807) is 24.3 Å². The van der Waals surface area contributed by atoms with Gasteiger partial charge in [0, 0.05) is 44.0 Å². The second-order valence-corrected chi connectivity index (χ2v) is 4.59. The van der Waals surface area contributed by atoms with Gasteiger partial charge in [0.15, 0.2) is 0 Å². The fraction of sp³-hybridized carbons (Fsp3) is 0.357. The van der Waals surface area contributed by atoms with Crippen molar-refractivity contribution >= 4 is 17.3 Å². The number of piperazine rings is 1. The molecule has 6 nitrogen and oxygen atoms in total. The van der Waals surface area contributed by atoms with E-state index in [0.29, 0.717) is 13.1 Å². The number of non-ortho nitro benzene ring substituents is 1. The molecule has 1 aromatic rings. The smallest absolute Gasteiger partial charge is 0.269 e. The predicted molar refractivity (Wildman–Crippen MR) is 76.7 cm³/mol. The maximum absolute atomic E-state index is 11.7. The molecule has 1 aromatic carbocycles. The van der Waals surface area contributed by atoms with Crippen LogP contribution in [0.5, 0.6) is 0 Å². The van der Waals surface area contributed by atoms with E-state index in [-0.39, 0.29) is 11.6 Å². The summed E-state index contributed by atoms with van der Waals surface area (Å²) in [5.74, 6) is 0.0378. The number of hydrogen-bond donors (Lipinski definition) is 0. The third-order valence-electron chi connectivity index (χ3n) is 3.33. The summed E-state index contributed by atoms with van der Waals surface area (Å²) >= 11 is 0. The van der Waals surface area contributed by atoms with Crippen molar-refractivity contribution in [1.82, 2.24) is 4.90 Å². The summed E-state index contributed by atoms with van der Waals surface area (Å²) < 4.78 is 0. The molecule has 0 N–H and O–H groups in total. The van der Waals surface area contributed by atoms with Gasteiger partial charge >= 0.3 is 0 Å². The van der Waals surface area contributed by atoms with Crippen LogP contribution in [0.2, 0.25) is 0 Å². The number of anilines is 1. The number of carbonyl (C=O) groups excluding carboxylic acids is 1. The SMILES string of the molecule is C/C=C/C(=O)N1CCN(c2ccc([N+](=O)[O-])cc2)CC1. The molecule has 0 saturated carbocycles. The molecule has 0 radical (unpaired) electrons. The first-order valence-corrected chi connectivity index (χ1v) is 6.53. The zero-order valence-electron chi connectivity index (χ0n) is 11.4. The van der Waals surface area contributed by atoms with Crippen molar-refractivity contribution in [2.24, 2.45) is 0 Å². The molecule has 0 spiro atoms. The number of hydrogen-bond acceptors (Lipinski definition) is 4. The van der Waals surface area contributed by atoms with E-state index in [9.17, 15) is 14.9 Å². The molecule has 20 heavy (non-hydrogen) atoms. The molecule has 0 unspecified atom stereocenters. The standard InChI is InChI=1S/C14H17N3O3/c1-2-3-14(18)16-10-8-15(9-11-16)12-4-6-13(7-5-12)17(19)20/h2-7H,8-11H2,1H3/b3-2+. The Morgan fingerprint density at radius 2 is 1.80 bits per heavy atom. The topological polar surface area (TPSA) is 66.7 Å². The van der Waals surface area contributed by atoms with Crippen molar-refractivity contribution in [2.45, 2.75) is 6.92 Å². The van der Waals surface area contributed by atoms with Gasteiger partial charge in [0.1, 0.15) is 0 Å². The van der Waals surface area contributed by atoms with E-state index in [1.807, 2.05) is 11.8 Å². The van der Waals surface area contributed by atoms with Gasteiger partial charge in [0.25, 0.3) is 5.69 Å². The largest absolute Gasteiger partial charge is 0.368 e. The van der Waals surface area contributed by atoms with Crippen molar-refractivity contribution < 1.29 is 9.72 Å². The fourth-order valence-electron chi connectivity index (χ4n) is 2.22. The van der Waals surface area contributed by atoms with Crippen molar-refractivity contribution in [3.05, 3.63) is 46.5 Å². The average molecular weight is 275 g/mol. The van der Waals surface area contributed by atoms with Gasteiger partial charge in [-0.15, -0.1) is 0 Å². The summed E-state index contributed by atoms with van der Waals surface area (Å²) in [6, 6.07) is 6.52. The molecule has 1 fully saturated rings. The van der Waals surface area contributed by atoms with Crippen LogP contribution in [-0.4, -0.2) is 41.9 Å². The van der Waals surface area contributed by atoms with Gasteiger partial charge in [-0.1, -0.05) is 6.08 Å². The number of allylic oxidation sites excluding steroid dienone is 1. The van der Waals surface area contributed by atoms with E-state index >= 15 is 0 Å². The van der Waals surface area contributed by atoms with E-state index in [4.69, 9.17) is 0 Å². The maximum Gasteiger partial charge on any atom is 0.269 e. The zero-order chi connectivity index (χ0) is 14.5. The maximum atomic E-state index is 11.7. The van der Waals surface area contributed by atoms with Gasteiger partial charge in [-0.3, -0.25) is 14.9 Å². The average Bonchev–Trinajstić information content (AvgIpc) is 2.48. The van der Waals surface area contributed by atoms with Gasteiger partial charge in [-0.2, -0.15) is 0 Å². The number of carbonyl (C=O) groups is 1. The fourth-order valence-corrected chi connectivity index (χ4v) is 2.22. The van der Waals surface area contributed by atoms with Crippen LogP contribution in [0.15, 0.2) is 36.4 Å². The van der Waals surface area contributed by atoms with Crippen LogP contribution in [-0.2, 0) is 4.79 Å². The first-order chi connectivity index (χ1) is 9.61. The lowest BCUT2D eigenvalue weighted by molar-refractivity contribution is -0.384. The summed E-state index contributed by atoms with van der Waals surface area (Å²) in [4.78, 5) is 25.8. The van der Waals surface area contributed by atoms with E-state index < -0.39 is 4.92 Å². The summed E-state index contributed by atoms with van der Waals surface area (Å²) in [6.45, 7) is 4.63. The highest BCUT2D eigenvalue weighted by atomic mass is 16.6. The van der Waals surface area contributed by atoms with E-state index in [1.165, 1.54) is 12.1 Å². The molecule has 1 amide bonds. The first-order valence-electron chi connectivity index (χ1n) is 6.53. The lowest BCUT2D eigenvalue weighted by Gasteiger charge is -2.35. The lowest BCUT2D eigenvalue weighted by atomic mass is 10.2. The summed E-state index contributed by atoms with van der Waals surface area (Å²) in [6.07, 6.45) is 3.31. The van der Waals surface area contributed by atoms with Crippen LogP contribution < -0.4 is 4.90 Å². The molecule has 0 atom stereocenters. The molecule has 0 aliphatic carbocycles. The molecule has 1 saturated heterocycles. The first kappa shape index (κ1) is 14.0. The van der Waals surface area contributed by atoms with Gasteiger partial charge < -0.3 is 9.80 Å². The highest BCUT2D eigenvalue weighted by Crippen LogP contribution is 2.20. The van der Waals surface area contributed by atoms with Crippen LogP contribution in [0.3, 0.4) is 0 Å². The molecule has 2 rings (SSSR count). The summed E-state index contributed by atoms with van der Waals surface area (Å²) in [5, 5.41) is 10.6. The van der Waals surface area contributed by atoms with Crippen LogP contribution in [0.25, 0.3) is 0 Å². The quantitative estimate of drug-likeness (QED) is 0.479. The number of benzene rings is 1. The zero-order valence-corrected chi connectivity index (χ0v) is 11.4. The molecule has 1 aliphatic heterocycles. The van der Waals surface area contributed by atoms with Crippen molar-refractivity contribution in [3.63, 3.8) is 0 Å². The second kappa shape index (κ2) is 6.18. The highest BCUT2D eigenvalue weighted by molar-refractivity contribution is 5.87. The van der Waals surface area contributed by atoms with E-state index in [2.05, 4.69) is 4.90 Å². The number of amides is 1. The van der Waals surface area contributed by atoms with Gasteiger partial charge in [0.2, 0.25) is 5.91 Å². The lowest BCUT2D eigenvalue weighted by Crippen LogP contribution is -2.48. The molecular weight excluding hydrogens is 258 g/mol. The third-order valence-corrected chi connectivity index (χ3v) is 3.33. The molecule has 0 aromatic heterocycles. The summed E-state index contributed by atoms with van der Waals surface area (Å²) in [7, 11) is 0. The molecule has 1 aliphatic rings. The van der Waals surface area contributed by atoms with Gasteiger partial charge in [0.05, 0.1) is 4.92 Å². The minimum Gasteiger partial charge on any atom is -0.368 e. The Kier molecular flexibility index (Phi) is 4.34. The molecular formula is C14H17N3O3. The molecule has 106 valence electrons. The molecule has 0 bridgehead atoms. The van der Waals surface area contributed by atoms with Gasteiger partial charge in [-0.05, 0) is 25.1 Å². The Labute approximate surface area is 117 Å². The van der Waals surface area contributed by atoms with E-state index in [0.717, 1.165) is 18.8 Å². The monoisotopic (exact) mass is 275 g/mol. The number of nitro benzene ring substituents is 1. The highest BCUT2D eigenvalue weighted by Gasteiger charge is 2.20. The Hall–Kier alpha value is -2.37. The number of rotatable bonds is 3. The Bertz CT molecular complexity index is 517. The van der Waals surface area contributed by atoms with Crippen LogP contribution in [0.1, 0.15) is 6.92 Å². The van der Waals surface area contributed by atoms with Gasteiger partial charge in [-0.25, -0.2) is 0 Å². The van der Waals surface area contributed by atoms with Crippen molar-refractivity contribution in [1.29, 1.82) is 0 Å².